The molecule has 160 valence electrons. The second kappa shape index (κ2) is 9.52. The number of hydrazine groups is 1. The smallest absolute Gasteiger partial charge is 0.272 e. The first-order valence-electron chi connectivity index (χ1n) is 9.77. The van der Waals surface area contributed by atoms with Crippen molar-refractivity contribution >= 4 is 17.7 Å². The molecule has 0 saturated heterocycles. The Bertz CT molecular complexity index is 918. The number of nitrogens with one attached hydrogen (secondary N) is 3. The molecule has 2 aromatic rings. The molecule has 6 nitrogen and oxygen atoms in total. The van der Waals surface area contributed by atoms with Crippen molar-refractivity contribution in [3.8, 4) is 0 Å². The summed E-state index contributed by atoms with van der Waals surface area (Å²) in [5.41, 5.74) is 5.73. The van der Waals surface area contributed by atoms with E-state index in [-0.39, 0.29) is 16.9 Å². The van der Waals surface area contributed by atoms with E-state index < -0.39 is 29.6 Å². The largest absolute Gasteiger partial charge is 0.340 e. The number of carbonyl (C=O) groups excluding carboxylic acids is 3. The molecular formula is C23H28FN3O3. The van der Waals surface area contributed by atoms with Gasteiger partial charge in [-0.2, -0.15) is 0 Å². The van der Waals surface area contributed by atoms with Crippen LogP contribution in [0.1, 0.15) is 60.9 Å². The Kier molecular flexibility index (Phi) is 7.32. The van der Waals surface area contributed by atoms with Crippen molar-refractivity contribution in [3.05, 3.63) is 71.0 Å². The number of halogens is 1. The van der Waals surface area contributed by atoms with Gasteiger partial charge in [-0.25, -0.2) is 4.39 Å². The van der Waals surface area contributed by atoms with Gasteiger partial charge in [0, 0.05) is 5.56 Å². The molecule has 7 heteroatoms. The maximum atomic E-state index is 13.7. The van der Waals surface area contributed by atoms with Crippen LogP contribution in [0, 0.1) is 11.7 Å². The topological polar surface area (TPSA) is 87.3 Å². The van der Waals surface area contributed by atoms with Gasteiger partial charge >= 0.3 is 0 Å². The van der Waals surface area contributed by atoms with Crippen molar-refractivity contribution < 1.29 is 18.8 Å². The highest BCUT2D eigenvalue weighted by atomic mass is 19.1. The van der Waals surface area contributed by atoms with Crippen molar-refractivity contribution in [1.29, 1.82) is 0 Å². The molecule has 0 heterocycles. The molecule has 0 aliphatic rings. The lowest BCUT2D eigenvalue weighted by molar-refractivity contribution is -0.124. The highest BCUT2D eigenvalue weighted by molar-refractivity contribution is 5.99. The van der Waals surface area contributed by atoms with E-state index in [0.717, 1.165) is 11.6 Å². The van der Waals surface area contributed by atoms with Crippen LogP contribution in [0.3, 0.4) is 0 Å². The molecule has 0 aromatic heterocycles. The molecule has 1 atom stereocenters. The zero-order valence-electron chi connectivity index (χ0n) is 17.9. The van der Waals surface area contributed by atoms with Gasteiger partial charge in [0.05, 0.1) is 5.56 Å². The van der Waals surface area contributed by atoms with Crippen LogP contribution in [0.5, 0.6) is 0 Å². The number of benzene rings is 2. The molecular weight excluding hydrogens is 385 g/mol. The van der Waals surface area contributed by atoms with E-state index in [1.54, 1.807) is 26.0 Å². The van der Waals surface area contributed by atoms with Crippen molar-refractivity contribution in [1.82, 2.24) is 16.2 Å². The molecule has 3 N–H and O–H groups in total. The lowest BCUT2D eigenvalue weighted by atomic mass is 9.86. The van der Waals surface area contributed by atoms with E-state index in [1.165, 1.54) is 18.2 Å². The van der Waals surface area contributed by atoms with E-state index in [1.807, 2.05) is 12.1 Å². The molecule has 0 radical (unpaired) electrons. The van der Waals surface area contributed by atoms with Crippen LogP contribution in [0.4, 0.5) is 4.39 Å². The fraction of sp³-hybridized carbons (Fsp3) is 0.348. The Hall–Kier alpha value is -3.22. The average molecular weight is 413 g/mol. The lowest BCUT2D eigenvalue weighted by Gasteiger charge is -2.22. The van der Waals surface area contributed by atoms with E-state index in [0.29, 0.717) is 5.56 Å². The minimum atomic E-state index is -0.888. The number of amides is 3. The number of hydrogen-bond donors (Lipinski definition) is 3. The molecule has 2 rings (SSSR count). The third-order valence-corrected chi connectivity index (χ3v) is 4.67. The van der Waals surface area contributed by atoms with Gasteiger partial charge in [-0.1, -0.05) is 58.9 Å². The fourth-order valence-electron chi connectivity index (χ4n) is 2.79. The maximum Gasteiger partial charge on any atom is 0.272 e. The summed E-state index contributed by atoms with van der Waals surface area (Å²) in [5, 5.41) is 2.69. The molecule has 3 amide bonds. The van der Waals surface area contributed by atoms with Crippen molar-refractivity contribution in [2.45, 2.75) is 46.1 Å². The second-order valence-corrected chi connectivity index (χ2v) is 8.45. The van der Waals surface area contributed by atoms with Crippen LogP contribution >= 0.6 is 0 Å². The standard InChI is InChI=1S/C23H28FN3O3/c1-14(2)19(22(30)27-26-21(29)17-8-6-7-9-18(17)24)25-20(28)15-10-12-16(13-11-15)23(3,4)5/h6-14,19H,1-5H3,(H,25,28)(H,26,29)(H,27,30)/t19-/m0/s1. The van der Waals surface area contributed by atoms with Gasteiger partial charge in [-0.3, -0.25) is 25.2 Å². The van der Waals surface area contributed by atoms with Crippen LogP contribution in [0.25, 0.3) is 0 Å². The molecule has 0 bridgehead atoms. The van der Waals surface area contributed by atoms with Gasteiger partial charge in [-0.15, -0.1) is 0 Å². The van der Waals surface area contributed by atoms with Crippen LogP contribution in [0.15, 0.2) is 48.5 Å². The lowest BCUT2D eigenvalue weighted by Crippen LogP contribution is -2.54. The van der Waals surface area contributed by atoms with Crippen LogP contribution in [-0.2, 0) is 10.2 Å². The minimum Gasteiger partial charge on any atom is -0.340 e. The highest BCUT2D eigenvalue weighted by Crippen LogP contribution is 2.22. The van der Waals surface area contributed by atoms with E-state index in [2.05, 4.69) is 36.9 Å². The molecule has 0 aliphatic heterocycles. The molecule has 2 aromatic carbocycles. The number of rotatable bonds is 5. The average Bonchev–Trinajstić information content (AvgIpc) is 2.69. The molecule has 0 fully saturated rings. The van der Waals surface area contributed by atoms with Gasteiger partial charge in [0.1, 0.15) is 11.9 Å². The Morgan fingerprint density at radius 1 is 0.867 bits per heavy atom. The summed E-state index contributed by atoms with van der Waals surface area (Å²) in [5.74, 6) is -2.73. The summed E-state index contributed by atoms with van der Waals surface area (Å²) in [4.78, 5) is 37.2. The molecule has 0 aliphatic carbocycles. The molecule has 0 saturated carbocycles. The minimum absolute atomic E-state index is 0.0359. The SMILES string of the molecule is CC(C)[C@H](NC(=O)c1ccc(C(C)(C)C)cc1)C(=O)NNC(=O)c1ccccc1F. The fourth-order valence-corrected chi connectivity index (χ4v) is 2.79. The van der Waals surface area contributed by atoms with Gasteiger partial charge in [-0.05, 0) is 41.2 Å². The third kappa shape index (κ3) is 5.89. The zero-order chi connectivity index (χ0) is 22.5. The summed E-state index contributed by atoms with van der Waals surface area (Å²) < 4.78 is 13.7. The maximum absolute atomic E-state index is 13.7. The summed E-state index contributed by atoms with van der Waals surface area (Å²) >= 11 is 0. The number of hydrogen-bond acceptors (Lipinski definition) is 3. The van der Waals surface area contributed by atoms with Crippen LogP contribution in [0.2, 0.25) is 0 Å². The second-order valence-electron chi connectivity index (χ2n) is 8.45. The first kappa shape index (κ1) is 23.1. The summed E-state index contributed by atoms with van der Waals surface area (Å²) in [6.07, 6.45) is 0. The Labute approximate surface area is 176 Å². The Balaban J connectivity index is 2.02. The summed E-state index contributed by atoms with van der Waals surface area (Å²) in [7, 11) is 0. The monoisotopic (exact) mass is 413 g/mol. The summed E-state index contributed by atoms with van der Waals surface area (Å²) in [6.45, 7) is 9.78. The van der Waals surface area contributed by atoms with Crippen molar-refractivity contribution in [2.24, 2.45) is 5.92 Å². The zero-order valence-corrected chi connectivity index (χ0v) is 17.9. The van der Waals surface area contributed by atoms with E-state index in [4.69, 9.17) is 0 Å². The van der Waals surface area contributed by atoms with Gasteiger partial charge < -0.3 is 5.32 Å². The van der Waals surface area contributed by atoms with Crippen LogP contribution < -0.4 is 16.2 Å². The molecule has 30 heavy (non-hydrogen) atoms. The first-order valence-corrected chi connectivity index (χ1v) is 9.77. The van der Waals surface area contributed by atoms with Crippen LogP contribution in [-0.4, -0.2) is 23.8 Å². The quantitative estimate of drug-likeness (QED) is 0.657. The van der Waals surface area contributed by atoms with Crippen molar-refractivity contribution in [2.75, 3.05) is 0 Å². The van der Waals surface area contributed by atoms with Gasteiger partial charge in [0.25, 0.3) is 17.7 Å². The van der Waals surface area contributed by atoms with E-state index in [9.17, 15) is 18.8 Å². The van der Waals surface area contributed by atoms with Gasteiger partial charge in [0.15, 0.2) is 0 Å². The summed E-state index contributed by atoms with van der Waals surface area (Å²) in [6, 6.07) is 11.7. The molecule has 0 spiro atoms. The normalized spacial score (nSPS) is 12.2. The molecule has 0 unspecified atom stereocenters. The van der Waals surface area contributed by atoms with Crippen molar-refractivity contribution in [3.63, 3.8) is 0 Å². The number of carbonyl (C=O) groups is 3. The predicted octanol–water partition coefficient (Wildman–Crippen LogP) is 3.34. The van der Waals surface area contributed by atoms with E-state index >= 15 is 0 Å². The Morgan fingerprint density at radius 3 is 2.00 bits per heavy atom. The first-order chi connectivity index (χ1) is 14.0. The Morgan fingerprint density at radius 2 is 1.47 bits per heavy atom. The highest BCUT2D eigenvalue weighted by Gasteiger charge is 2.25. The third-order valence-electron chi connectivity index (χ3n) is 4.67. The predicted molar refractivity (Wildman–Crippen MR) is 113 cm³/mol. The van der Waals surface area contributed by atoms with Gasteiger partial charge in [0.2, 0.25) is 0 Å².